The first-order valence-corrected chi connectivity index (χ1v) is 8.65. The molecule has 1 aromatic carbocycles. The lowest BCUT2D eigenvalue weighted by Gasteiger charge is -2.22. The zero-order valence-electron chi connectivity index (χ0n) is 13.0. The fraction of sp³-hybridized carbons (Fsp3) is 0.533. The molecule has 1 aromatic rings. The number of hydrogen-bond donors (Lipinski definition) is 1. The van der Waals surface area contributed by atoms with Crippen molar-refractivity contribution in [3.05, 3.63) is 29.8 Å². The highest BCUT2D eigenvalue weighted by Crippen LogP contribution is 2.28. The topological polar surface area (TPSA) is 89.7 Å². The Balaban J connectivity index is 2.40. The SMILES string of the molecule is CO[C@H]1C[C@@H](C(N)=O)N(S(=O)(=O)c2cccc(C(C)C)c2)C1. The molecule has 2 rings (SSSR count). The molecule has 0 saturated carbocycles. The molecule has 1 amide bonds. The Labute approximate surface area is 131 Å². The quantitative estimate of drug-likeness (QED) is 0.876. The van der Waals surface area contributed by atoms with Gasteiger partial charge in [0.2, 0.25) is 15.9 Å². The Morgan fingerprint density at radius 1 is 1.41 bits per heavy atom. The summed E-state index contributed by atoms with van der Waals surface area (Å²) in [6.07, 6.45) is -0.0323. The highest BCUT2D eigenvalue weighted by atomic mass is 32.2. The van der Waals surface area contributed by atoms with Crippen LogP contribution in [0.2, 0.25) is 0 Å². The molecule has 1 aliphatic heterocycles. The fourth-order valence-corrected chi connectivity index (χ4v) is 4.33. The minimum Gasteiger partial charge on any atom is -0.380 e. The van der Waals surface area contributed by atoms with Gasteiger partial charge in [0, 0.05) is 20.1 Å². The minimum atomic E-state index is -3.78. The number of primary amides is 1. The van der Waals surface area contributed by atoms with E-state index in [0.29, 0.717) is 0 Å². The zero-order valence-corrected chi connectivity index (χ0v) is 13.8. The van der Waals surface area contributed by atoms with E-state index in [-0.39, 0.29) is 29.9 Å². The van der Waals surface area contributed by atoms with Gasteiger partial charge in [0.15, 0.2) is 0 Å². The van der Waals surface area contributed by atoms with Crippen molar-refractivity contribution in [1.82, 2.24) is 4.31 Å². The van der Waals surface area contributed by atoms with E-state index < -0.39 is 22.0 Å². The van der Waals surface area contributed by atoms with Gasteiger partial charge in [-0.15, -0.1) is 0 Å². The predicted molar refractivity (Wildman–Crippen MR) is 82.8 cm³/mol. The van der Waals surface area contributed by atoms with Gasteiger partial charge >= 0.3 is 0 Å². The van der Waals surface area contributed by atoms with Crippen LogP contribution in [0.1, 0.15) is 31.7 Å². The van der Waals surface area contributed by atoms with Crippen molar-refractivity contribution in [2.45, 2.75) is 43.2 Å². The van der Waals surface area contributed by atoms with Gasteiger partial charge in [0.05, 0.1) is 11.0 Å². The number of nitrogens with two attached hydrogens (primary N) is 1. The average Bonchev–Trinajstić information content (AvgIpc) is 2.92. The molecule has 0 aliphatic carbocycles. The number of ether oxygens (including phenoxy) is 1. The van der Waals surface area contributed by atoms with Gasteiger partial charge < -0.3 is 10.5 Å². The Hall–Kier alpha value is -1.44. The first-order valence-electron chi connectivity index (χ1n) is 7.21. The van der Waals surface area contributed by atoms with E-state index in [1.807, 2.05) is 19.9 Å². The largest absolute Gasteiger partial charge is 0.380 e. The predicted octanol–water partition coefficient (Wildman–Crippen LogP) is 1.07. The van der Waals surface area contributed by atoms with Gasteiger partial charge in [-0.1, -0.05) is 26.0 Å². The van der Waals surface area contributed by atoms with Crippen LogP contribution in [-0.2, 0) is 19.6 Å². The summed E-state index contributed by atoms with van der Waals surface area (Å²) in [5.41, 5.74) is 6.29. The average molecular weight is 326 g/mol. The third kappa shape index (κ3) is 3.16. The molecule has 0 radical (unpaired) electrons. The van der Waals surface area contributed by atoms with Crippen molar-refractivity contribution < 1.29 is 17.9 Å². The van der Waals surface area contributed by atoms with E-state index in [2.05, 4.69) is 0 Å². The molecule has 0 unspecified atom stereocenters. The van der Waals surface area contributed by atoms with Gasteiger partial charge in [0.1, 0.15) is 6.04 Å². The zero-order chi connectivity index (χ0) is 16.5. The van der Waals surface area contributed by atoms with Crippen molar-refractivity contribution in [1.29, 1.82) is 0 Å². The smallest absolute Gasteiger partial charge is 0.243 e. The Morgan fingerprint density at radius 2 is 2.09 bits per heavy atom. The van der Waals surface area contributed by atoms with Crippen LogP contribution in [0, 0.1) is 0 Å². The molecule has 7 heteroatoms. The molecule has 1 saturated heterocycles. The van der Waals surface area contributed by atoms with Crippen LogP contribution >= 0.6 is 0 Å². The standard InChI is InChI=1S/C15H22N2O4S/c1-10(2)11-5-4-6-13(7-11)22(19,20)17-9-12(21-3)8-14(17)15(16)18/h4-7,10,12,14H,8-9H2,1-3H3,(H2,16,18)/t12-,14-/m0/s1. The summed E-state index contributed by atoms with van der Waals surface area (Å²) in [4.78, 5) is 11.8. The number of carbonyl (C=O) groups excluding carboxylic acids is 1. The summed E-state index contributed by atoms with van der Waals surface area (Å²) in [7, 11) is -2.28. The van der Waals surface area contributed by atoms with E-state index in [1.54, 1.807) is 18.2 Å². The maximum Gasteiger partial charge on any atom is 0.243 e. The number of nitrogens with zero attached hydrogens (tertiary/aromatic N) is 1. The van der Waals surface area contributed by atoms with E-state index in [9.17, 15) is 13.2 Å². The Kier molecular flexibility index (Phi) is 4.89. The molecule has 6 nitrogen and oxygen atoms in total. The monoisotopic (exact) mass is 326 g/mol. The van der Waals surface area contributed by atoms with Crippen LogP contribution in [0.15, 0.2) is 29.2 Å². The van der Waals surface area contributed by atoms with E-state index >= 15 is 0 Å². The molecule has 0 aromatic heterocycles. The molecule has 1 aliphatic rings. The van der Waals surface area contributed by atoms with Crippen LogP contribution in [0.3, 0.4) is 0 Å². The van der Waals surface area contributed by atoms with Crippen molar-refractivity contribution >= 4 is 15.9 Å². The molecule has 122 valence electrons. The van der Waals surface area contributed by atoms with Crippen molar-refractivity contribution in [3.63, 3.8) is 0 Å². The first-order chi connectivity index (χ1) is 10.3. The number of methoxy groups -OCH3 is 1. The lowest BCUT2D eigenvalue weighted by molar-refractivity contribution is -0.121. The summed E-state index contributed by atoms with van der Waals surface area (Å²) in [5.74, 6) is -0.435. The molecule has 0 spiro atoms. The highest BCUT2D eigenvalue weighted by Gasteiger charge is 2.43. The van der Waals surface area contributed by atoms with E-state index in [4.69, 9.17) is 10.5 Å². The van der Waals surface area contributed by atoms with Crippen LogP contribution in [0.5, 0.6) is 0 Å². The maximum atomic E-state index is 12.8. The molecule has 2 N–H and O–H groups in total. The number of sulfonamides is 1. The number of hydrogen-bond acceptors (Lipinski definition) is 4. The number of benzene rings is 1. The number of carbonyl (C=O) groups is 1. The molecule has 22 heavy (non-hydrogen) atoms. The summed E-state index contributed by atoms with van der Waals surface area (Å²) < 4.78 is 32.1. The molecule has 1 fully saturated rings. The van der Waals surface area contributed by atoms with Gasteiger partial charge in [-0.25, -0.2) is 8.42 Å². The van der Waals surface area contributed by atoms with Crippen LogP contribution < -0.4 is 5.73 Å². The van der Waals surface area contributed by atoms with Gasteiger partial charge in [-0.3, -0.25) is 4.79 Å². The van der Waals surface area contributed by atoms with Crippen LogP contribution in [0.4, 0.5) is 0 Å². The summed E-state index contributed by atoms with van der Waals surface area (Å²) in [6, 6.07) is 5.93. The van der Waals surface area contributed by atoms with E-state index in [1.165, 1.54) is 7.11 Å². The Morgan fingerprint density at radius 3 is 2.64 bits per heavy atom. The second-order valence-electron chi connectivity index (χ2n) is 5.81. The highest BCUT2D eigenvalue weighted by molar-refractivity contribution is 7.89. The lowest BCUT2D eigenvalue weighted by atomic mass is 10.0. The molecule has 1 heterocycles. The Bertz CT molecular complexity index is 657. The second-order valence-corrected chi connectivity index (χ2v) is 7.70. The fourth-order valence-electron chi connectivity index (χ4n) is 2.63. The number of amides is 1. The molecule has 2 atom stereocenters. The lowest BCUT2D eigenvalue weighted by Crippen LogP contribution is -2.43. The summed E-state index contributed by atoms with van der Waals surface area (Å²) in [6.45, 7) is 4.13. The third-order valence-electron chi connectivity index (χ3n) is 4.01. The van der Waals surface area contributed by atoms with Gasteiger partial charge in [-0.2, -0.15) is 4.31 Å². The second kappa shape index (κ2) is 6.36. The molecular weight excluding hydrogens is 304 g/mol. The molecule has 0 bridgehead atoms. The van der Waals surface area contributed by atoms with E-state index in [0.717, 1.165) is 9.87 Å². The van der Waals surface area contributed by atoms with Crippen LogP contribution in [-0.4, -0.2) is 44.4 Å². The van der Waals surface area contributed by atoms with Crippen LogP contribution in [0.25, 0.3) is 0 Å². The minimum absolute atomic E-state index is 0.137. The normalized spacial score (nSPS) is 23.1. The van der Waals surface area contributed by atoms with Gasteiger partial charge in [-0.05, 0) is 23.6 Å². The first kappa shape index (κ1) is 16.9. The maximum absolute atomic E-state index is 12.8. The summed E-state index contributed by atoms with van der Waals surface area (Å²) in [5, 5.41) is 0. The van der Waals surface area contributed by atoms with Gasteiger partial charge in [0.25, 0.3) is 0 Å². The third-order valence-corrected chi connectivity index (χ3v) is 5.88. The van der Waals surface area contributed by atoms with Crippen molar-refractivity contribution in [2.24, 2.45) is 5.73 Å². The van der Waals surface area contributed by atoms with Crippen molar-refractivity contribution in [3.8, 4) is 0 Å². The number of rotatable bonds is 5. The van der Waals surface area contributed by atoms with Crippen molar-refractivity contribution in [2.75, 3.05) is 13.7 Å². The molecular formula is C15H22N2O4S. The summed E-state index contributed by atoms with van der Waals surface area (Å²) >= 11 is 0.